The summed E-state index contributed by atoms with van der Waals surface area (Å²) in [5.74, 6) is -1.21. The molecule has 0 aliphatic rings. The van der Waals surface area contributed by atoms with Crippen LogP contribution >= 0.6 is 0 Å². The molecule has 0 radical (unpaired) electrons. The molecule has 5 nitrogen and oxygen atoms in total. The Kier molecular flexibility index (Phi) is 6.66. The van der Waals surface area contributed by atoms with E-state index >= 15 is 0 Å². The highest BCUT2D eigenvalue weighted by molar-refractivity contribution is 5.80. The Morgan fingerprint density at radius 2 is 1.65 bits per heavy atom. The summed E-state index contributed by atoms with van der Waals surface area (Å²) in [6.45, 7) is 0.0272. The maximum atomic E-state index is 12.6. The van der Waals surface area contributed by atoms with Crippen LogP contribution in [0.1, 0.15) is 23.1 Å². The third-order valence-electron chi connectivity index (χ3n) is 3.91. The van der Waals surface area contributed by atoms with E-state index < -0.39 is 24.5 Å². The first kappa shape index (κ1) is 19.4. The number of aliphatic carboxylic acids is 1. The second-order valence-corrected chi connectivity index (χ2v) is 5.75. The van der Waals surface area contributed by atoms with Gasteiger partial charge in [0.05, 0.1) is 0 Å². The van der Waals surface area contributed by atoms with Gasteiger partial charge < -0.3 is 9.84 Å². The first-order valence-electron chi connectivity index (χ1n) is 7.91. The standard InChI is InChI=1S/C19H19F2NO4/c1-22(19(25)26-12-14-5-3-2-4-6-14)16(18(23)24)11-13-7-9-15(10-8-13)17(20)21/h2-10,16-17H,11-12H2,1H3,(H,23,24). The highest BCUT2D eigenvalue weighted by atomic mass is 19.3. The van der Waals surface area contributed by atoms with Gasteiger partial charge in [0.2, 0.25) is 0 Å². The molecule has 26 heavy (non-hydrogen) atoms. The third-order valence-corrected chi connectivity index (χ3v) is 3.91. The maximum absolute atomic E-state index is 12.6. The van der Waals surface area contributed by atoms with Crippen molar-refractivity contribution in [3.63, 3.8) is 0 Å². The number of nitrogens with zero attached hydrogens (tertiary/aromatic N) is 1. The molecule has 1 atom stereocenters. The van der Waals surface area contributed by atoms with Gasteiger partial charge in [-0.1, -0.05) is 54.6 Å². The number of alkyl halides is 2. The topological polar surface area (TPSA) is 66.8 Å². The van der Waals surface area contributed by atoms with Gasteiger partial charge >= 0.3 is 12.1 Å². The molecule has 0 bridgehead atoms. The summed E-state index contributed by atoms with van der Waals surface area (Å²) in [6, 6.07) is 13.2. The average Bonchev–Trinajstić information content (AvgIpc) is 2.64. The maximum Gasteiger partial charge on any atom is 0.410 e. The molecule has 1 amide bonds. The van der Waals surface area contributed by atoms with Crippen molar-refractivity contribution in [1.82, 2.24) is 4.90 Å². The lowest BCUT2D eigenvalue weighted by Crippen LogP contribution is -2.44. The van der Waals surface area contributed by atoms with E-state index in [2.05, 4.69) is 0 Å². The fourth-order valence-corrected chi connectivity index (χ4v) is 2.36. The number of carboxylic acid groups (broad SMARTS) is 1. The molecular weight excluding hydrogens is 344 g/mol. The molecule has 7 heteroatoms. The van der Waals surface area contributed by atoms with E-state index in [1.807, 2.05) is 6.07 Å². The van der Waals surface area contributed by atoms with E-state index in [1.54, 1.807) is 24.3 Å². The van der Waals surface area contributed by atoms with Crippen LogP contribution in [0.2, 0.25) is 0 Å². The van der Waals surface area contributed by atoms with Crippen LogP contribution in [0.3, 0.4) is 0 Å². The van der Waals surface area contributed by atoms with Gasteiger partial charge in [0.1, 0.15) is 12.6 Å². The van der Waals surface area contributed by atoms with Crippen molar-refractivity contribution in [2.45, 2.75) is 25.5 Å². The van der Waals surface area contributed by atoms with Gasteiger partial charge in [0, 0.05) is 19.0 Å². The number of likely N-dealkylation sites (N-methyl/N-ethyl adjacent to an activating group) is 1. The SMILES string of the molecule is CN(C(=O)OCc1ccccc1)C(Cc1ccc(C(F)F)cc1)C(=O)O. The second kappa shape index (κ2) is 8.94. The van der Waals surface area contributed by atoms with Crippen molar-refractivity contribution < 1.29 is 28.2 Å². The number of hydrogen-bond donors (Lipinski definition) is 1. The third kappa shape index (κ3) is 5.27. The fourth-order valence-electron chi connectivity index (χ4n) is 2.36. The number of benzene rings is 2. The summed E-state index contributed by atoms with van der Waals surface area (Å²) in [4.78, 5) is 24.7. The van der Waals surface area contributed by atoms with E-state index in [0.717, 1.165) is 10.5 Å². The molecule has 138 valence electrons. The Morgan fingerprint density at radius 1 is 1.04 bits per heavy atom. The minimum absolute atomic E-state index is 0.0181. The molecule has 2 rings (SSSR count). The highest BCUT2D eigenvalue weighted by Crippen LogP contribution is 2.20. The number of ether oxygens (including phenoxy) is 1. The molecule has 0 aliphatic carbocycles. The predicted octanol–water partition coefficient (Wildman–Crippen LogP) is 3.89. The highest BCUT2D eigenvalue weighted by Gasteiger charge is 2.28. The first-order chi connectivity index (χ1) is 12.4. The Labute approximate surface area is 149 Å². The van der Waals surface area contributed by atoms with E-state index in [4.69, 9.17) is 4.74 Å². The van der Waals surface area contributed by atoms with Crippen molar-refractivity contribution >= 4 is 12.1 Å². The number of amides is 1. The van der Waals surface area contributed by atoms with Crippen LogP contribution < -0.4 is 0 Å². The lowest BCUT2D eigenvalue weighted by molar-refractivity contribution is -0.142. The summed E-state index contributed by atoms with van der Waals surface area (Å²) < 4.78 is 30.3. The van der Waals surface area contributed by atoms with Gasteiger partial charge in [-0.3, -0.25) is 4.90 Å². The van der Waals surface area contributed by atoms with Gasteiger partial charge in [0.25, 0.3) is 6.43 Å². The number of carboxylic acids is 1. The fraction of sp³-hybridized carbons (Fsp3) is 0.263. The Morgan fingerprint density at radius 3 is 2.19 bits per heavy atom. The van der Waals surface area contributed by atoms with Crippen LogP contribution in [-0.4, -0.2) is 35.2 Å². The Bertz CT molecular complexity index is 735. The predicted molar refractivity (Wildman–Crippen MR) is 90.9 cm³/mol. The van der Waals surface area contributed by atoms with Crippen LogP contribution in [0.5, 0.6) is 0 Å². The van der Waals surface area contributed by atoms with E-state index in [1.165, 1.54) is 31.3 Å². The van der Waals surface area contributed by atoms with Crippen molar-refractivity contribution in [1.29, 1.82) is 0 Å². The molecule has 1 unspecified atom stereocenters. The summed E-state index contributed by atoms with van der Waals surface area (Å²) in [7, 11) is 1.33. The zero-order chi connectivity index (χ0) is 19.1. The van der Waals surface area contributed by atoms with E-state index in [0.29, 0.717) is 5.56 Å². The van der Waals surface area contributed by atoms with Gasteiger partial charge in [-0.25, -0.2) is 18.4 Å². The summed E-state index contributed by atoms with van der Waals surface area (Å²) in [5, 5.41) is 9.41. The molecule has 0 fully saturated rings. The second-order valence-electron chi connectivity index (χ2n) is 5.75. The summed E-state index contributed by atoms with van der Waals surface area (Å²) in [6.07, 6.45) is -3.38. The Balaban J connectivity index is 2.00. The van der Waals surface area contributed by atoms with Crippen molar-refractivity contribution in [2.24, 2.45) is 0 Å². The Hall–Kier alpha value is -2.96. The molecule has 1 N–H and O–H groups in total. The van der Waals surface area contributed by atoms with Gasteiger partial charge in [-0.05, 0) is 11.1 Å². The molecule has 0 saturated carbocycles. The number of hydrogen-bond acceptors (Lipinski definition) is 3. The normalized spacial score (nSPS) is 11.8. The van der Waals surface area contributed by atoms with Crippen molar-refractivity contribution in [3.05, 3.63) is 71.3 Å². The lowest BCUT2D eigenvalue weighted by Gasteiger charge is -2.24. The zero-order valence-electron chi connectivity index (χ0n) is 14.1. The first-order valence-corrected chi connectivity index (χ1v) is 7.91. The molecule has 0 spiro atoms. The van der Waals surface area contributed by atoms with Gasteiger partial charge in [-0.2, -0.15) is 0 Å². The van der Waals surface area contributed by atoms with Gasteiger partial charge in [-0.15, -0.1) is 0 Å². The zero-order valence-corrected chi connectivity index (χ0v) is 14.1. The molecule has 0 aromatic heterocycles. The van der Waals surface area contributed by atoms with Crippen LogP contribution in [0.25, 0.3) is 0 Å². The van der Waals surface area contributed by atoms with Crippen LogP contribution in [0, 0.1) is 0 Å². The molecular formula is C19H19F2NO4. The van der Waals surface area contributed by atoms with E-state index in [-0.39, 0.29) is 18.6 Å². The molecule has 0 saturated heterocycles. The minimum Gasteiger partial charge on any atom is -0.480 e. The van der Waals surface area contributed by atoms with Gasteiger partial charge in [0.15, 0.2) is 0 Å². The molecule has 2 aromatic carbocycles. The molecule has 2 aromatic rings. The largest absolute Gasteiger partial charge is 0.480 e. The summed E-state index contributed by atoms with van der Waals surface area (Å²) in [5.41, 5.74) is 1.17. The minimum atomic E-state index is -2.59. The smallest absolute Gasteiger partial charge is 0.410 e. The number of carbonyl (C=O) groups excluding carboxylic acids is 1. The monoisotopic (exact) mass is 363 g/mol. The molecule has 0 aliphatic heterocycles. The number of carbonyl (C=O) groups is 2. The number of halogens is 2. The van der Waals surface area contributed by atoms with Crippen LogP contribution in [0.4, 0.5) is 13.6 Å². The summed E-state index contributed by atoms with van der Waals surface area (Å²) >= 11 is 0. The lowest BCUT2D eigenvalue weighted by atomic mass is 10.0. The molecule has 0 heterocycles. The van der Waals surface area contributed by atoms with Crippen LogP contribution in [0.15, 0.2) is 54.6 Å². The van der Waals surface area contributed by atoms with Crippen molar-refractivity contribution in [3.8, 4) is 0 Å². The van der Waals surface area contributed by atoms with Crippen molar-refractivity contribution in [2.75, 3.05) is 7.05 Å². The van der Waals surface area contributed by atoms with E-state index in [9.17, 15) is 23.5 Å². The average molecular weight is 363 g/mol. The number of rotatable bonds is 7. The van der Waals surface area contributed by atoms with Crippen LogP contribution in [-0.2, 0) is 22.6 Å². The quantitative estimate of drug-likeness (QED) is 0.810.